The van der Waals surface area contributed by atoms with Gasteiger partial charge in [-0.15, -0.1) is 47.5 Å². The van der Waals surface area contributed by atoms with Gasteiger partial charge in [0.1, 0.15) is 10.8 Å². The van der Waals surface area contributed by atoms with Crippen LogP contribution in [0.2, 0.25) is 5.28 Å². The van der Waals surface area contributed by atoms with Gasteiger partial charge in [-0.2, -0.15) is 4.98 Å². The summed E-state index contributed by atoms with van der Waals surface area (Å²) >= 11 is 9.41. The van der Waals surface area contributed by atoms with Gasteiger partial charge in [-0.05, 0) is 36.9 Å². The van der Waals surface area contributed by atoms with E-state index in [4.69, 9.17) is 17.3 Å². The fraction of sp³-hybridized carbons (Fsp3) is 0.400. The molecule has 0 aliphatic heterocycles. The van der Waals surface area contributed by atoms with Crippen molar-refractivity contribution in [1.82, 2.24) is 15.0 Å². The Morgan fingerprint density at radius 2 is 2.08 bits per heavy atom. The molecule has 3 aromatic rings. The molecule has 0 unspecified atom stereocenters. The highest BCUT2D eigenvalue weighted by atomic mass is 35.5. The van der Waals surface area contributed by atoms with Gasteiger partial charge in [-0.3, -0.25) is 0 Å². The Balaban J connectivity index is 0.00000156. The zero-order chi connectivity index (χ0) is 16.4. The highest BCUT2D eigenvalue weighted by Crippen LogP contribution is 2.35. The lowest BCUT2D eigenvalue weighted by molar-refractivity contribution is 0.650. The van der Waals surface area contributed by atoms with Gasteiger partial charge in [0.05, 0.1) is 16.8 Å². The molecule has 0 bridgehead atoms. The van der Waals surface area contributed by atoms with Crippen LogP contribution in [-0.4, -0.2) is 21.0 Å². The SMILES string of the molecule is CC[C@H](N)Cc1sc2c(NCc3nccs3)nc(Cl)nc2c1C.Cl.Cl. The summed E-state index contributed by atoms with van der Waals surface area (Å²) in [6.07, 6.45) is 3.60. The van der Waals surface area contributed by atoms with Gasteiger partial charge in [-0.1, -0.05) is 6.92 Å². The zero-order valence-electron chi connectivity index (χ0n) is 13.8. The first-order valence-electron chi connectivity index (χ1n) is 7.41. The number of nitrogens with one attached hydrogen (secondary N) is 1. The number of halogens is 3. The van der Waals surface area contributed by atoms with E-state index in [9.17, 15) is 0 Å². The molecule has 0 saturated heterocycles. The number of thiazole rings is 1. The number of thiophene rings is 1. The minimum Gasteiger partial charge on any atom is -0.362 e. The number of nitrogens with two attached hydrogens (primary N) is 1. The van der Waals surface area contributed by atoms with E-state index in [1.807, 2.05) is 5.38 Å². The smallest absolute Gasteiger partial charge is 0.224 e. The number of anilines is 1. The third-order valence-electron chi connectivity index (χ3n) is 3.70. The Labute approximate surface area is 172 Å². The number of nitrogens with zero attached hydrogens (tertiary/aromatic N) is 3. The van der Waals surface area contributed by atoms with Gasteiger partial charge < -0.3 is 11.1 Å². The van der Waals surface area contributed by atoms with Gasteiger partial charge in [0.25, 0.3) is 0 Å². The van der Waals surface area contributed by atoms with Gasteiger partial charge in [0.15, 0.2) is 0 Å². The summed E-state index contributed by atoms with van der Waals surface area (Å²) in [4.78, 5) is 14.3. The summed E-state index contributed by atoms with van der Waals surface area (Å²) in [5.41, 5.74) is 8.17. The van der Waals surface area contributed by atoms with E-state index in [1.54, 1.807) is 28.9 Å². The Bertz CT molecular complexity index is 807. The van der Waals surface area contributed by atoms with Gasteiger partial charge in [0.2, 0.25) is 5.28 Å². The van der Waals surface area contributed by atoms with E-state index in [1.165, 1.54) is 4.88 Å². The number of rotatable bonds is 6. The first kappa shape index (κ1) is 22.3. The largest absolute Gasteiger partial charge is 0.362 e. The number of aryl methyl sites for hydroxylation is 1. The van der Waals surface area contributed by atoms with Crippen molar-refractivity contribution in [1.29, 1.82) is 0 Å². The molecule has 3 N–H and O–H groups in total. The van der Waals surface area contributed by atoms with E-state index in [0.29, 0.717) is 6.54 Å². The quantitative estimate of drug-likeness (QED) is 0.536. The molecule has 0 aliphatic carbocycles. The Morgan fingerprint density at radius 1 is 1.32 bits per heavy atom. The second-order valence-corrected chi connectivity index (χ2v) is 7.74. The maximum atomic E-state index is 6.11. The third kappa shape index (κ3) is 5.15. The number of aromatic nitrogens is 3. The van der Waals surface area contributed by atoms with Crippen LogP contribution in [0.5, 0.6) is 0 Å². The summed E-state index contributed by atoms with van der Waals surface area (Å²) in [6, 6.07) is 0.164. The summed E-state index contributed by atoms with van der Waals surface area (Å²) in [5.74, 6) is 0.764. The average molecular weight is 441 g/mol. The van der Waals surface area contributed by atoms with E-state index >= 15 is 0 Å². The van der Waals surface area contributed by atoms with Crippen LogP contribution in [0.4, 0.5) is 5.82 Å². The Morgan fingerprint density at radius 3 is 2.72 bits per heavy atom. The predicted molar refractivity (Wildman–Crippen MR) is 113 cm³/mol. The maximum Gasteiger partial charge on any atom is 0.224 e. The molecule has 3 heterocycles. The van der Waals surface area contributed by atoms with Crippen molar-refractivity contribution in [2.45, 2.75) is 39.3 Å². The molecule has 25 heavy (non-hydrogen) atoms. The van der Waals surface area contributed by atoms with Crippen LogP contribution in [0.15, 0.2) is 11.6 Å². The van der Waals surface area contributed by atoms with Crippen LogP contribution in [-0.2, 0) is 13.0 Å². The Kier molecular flexibility index (Phi) is 8.80. The first-order valence-corrected chi connectivity index (χ1v) is 9.49. The first-order chi connectivity index (χ1) is 11.1. The second-order valence-electron chi connectivity index (χ2n) is 5.32. The highest BCUT2D eigenvalue weighted by molar-refractivity contribution is 7.19. The van der Waals surface area contributed by atoms with E-state index in [-0.39, 0.29) is 36.1 Å². The van der Waals surface area contributed by atoms with Crippen molar-refractivity contribution in [3.63, 3.8) is 0 Å². The molecule has 0 saturated carbocycles. The number of fused-ring (bicyclic) bond motifs is 1. The summed E-state index contributed by atoms with van der Waals surface area (Å²) in [6.45, 7) is 4.80. The lowest BCUT2D eigenvalue weighted by Gasteiger charge is -2.06. The van der Waals surface area contributed by atoms with E-state index < -0.39 is 0 Å². The lowest BCUT2D eigenvalue weighted by Crippen LogP contribution is -2.21. The summed E-state index contributed by atoms with van der Waals surface area (Å²) in [5, 5.41) is 6.55. The summed E-state index contributed by atoms with van der Waals surface area (Å²) in [7, 11) is 0. The van der Waals surface area contributed by atoms with Crippen molar-refractivity contribution in [3.8, 4) is 0 Å². The fourth-order valence-electron chi connectivity index (χ4n) is 2.30. The minimum absolute atomic E-state index is 0. The lowest BCUT2D eigenvalue weighted by atomic mass is 10.1. The van der Waals surface area contributed by atoms with Crippen molar-refractivity contribution >= 4 is 75.1 Å². The minimum atomic E-state index is 0. The molecule has 5 nitrogen and oxygen atoms in total. The average Bonchev–Trinajstić information content (AvgIpc) is 3.15. The number of hydrogen-bond acceptors (Lipinski definition) is 7. The third-order valence-corrected chi connectivity index (χ3v) is 5.96. The molecular weight excluding hydrogens is 421 g/mol. The molecule has 0 aromatic carbocycles. The molecule has 3 aromatic heterocycles. The van der Waals surface area contributed by atoms with Crippen LogP contribution in [0.1, 0.15) is 28.8 Å². The van der Waals surface area contributed by atoms with E-state index in [2.05, 4.69) is 34.1 Å². The number of hydrogen-bond donors (Lipinski definition) is 2. The van der Waals surface area contributed by atoms with Crippen LogP contribution >= 0.6 is 59.1 Å². The van der Waals surface area contributed by atoms with E-state index in [0.717, 1.165) is 39.4 Å². The molecule has 0 aliphatic rings. The van der Waals surface area contributed by atoms with Crippen molar-refractivity contribution < 1.29 is 0 Å². The van der Waals surface area contributed by atoms with Crippen molar-refractivity contribution in [2.24, 2.45) is 5.73 Å². The predicted octanol–water partition coefficient (Wildman–Crippen LogP) is 4.85. The molecule has 0 radical (unpaired) electrons. The second kappa shape index (κ2) is 9.85. The zero-order valence-corrected chi connectivity index (χ0v) is 17.8. The van der Waals surface area contributed by atoms with Crippen molar-refractivity contribution in [2.75, 3.05) is 5.32 Å². The molecular formula is C15H20Cl3N5S2. The van der Waals surface area contributed by atoms with Crippen molar-refractivity contribution in [3.05, 3.63) is 32.3 Å². The molecule has 138 valence electrons. The molecule has 0 spiro atoms. The van der Waals surface area contributed by atoms with Crippen LogP contribution in [0.3, 0.4) is 0 Å². The molecule has 0 amide bonds. The maximum absolute atomic E-state index is 6.11. The monoisotopic (exact) mass is 439 g/mol. The van der Waals surface area contributed by atoms with Gasteiger partial charge >= 0.3 is 0 Å². The van der Waals surface area contributed by atoms with Gasteiger partial charge in [-0.25, -0.2) is 9.97 Å². The normalized spacial score (nSPS) is 11.7. The molecule has 10 heteroatoms. The standard InChI is InChI=1S/C15H18ClN5S2.2ClH/c1-3-9(17)6-10-8(2)12-13(23-10)14(21-15(16)20-12)19-7-11-18-4-5-22-11;;/h4-5,9H,3,6-7,17H2,1-2H3,(H,19,20,21);2*1H/t9-;;/m0../s1. The van der Waals surface area contributed by atoms with Crippen LogP contribution in [0, 0.1) is 6.92 Å². The molecule has 3 rings (SSSR count). The summed E-state index contributed by atoms with van der Waals surface area (Å²) < 4.78 is 1.03. The van der Waals surface area contributed by atoms with Crippen LogP contribution in [0.25, 0.3) is 10.2 Å². The molecule has 0 fully saturated rings. The van der Waals surface area contributed by atoms with Gasteiger partial charge in [0, 0.05) is 22.5 Å². The molecule has 1 atom stereocenters. The highest BCUT2D eigenvalue weighted by Gasteiger charge is 2.17. The van der Waals surface area contributed by atoms with Crippen LogP contribution < -0.4 is 11.1 Å². The Hall–Kier alpha value is -0.700. The fourth-order valence-corrected chi connectivity index (χ4v) is 4.33. The topological polar surface area (TPSA) is 76.7 Å².